The number of aryl methyl sites for hydroxylation is 1. The van der Waals surface area contributed by atoms with Gasteiger partial charge in [0.25, 0.3) is 0 Å². The van der Waals surface area contributed by atoms with Crippen molar-refractivity contribution in [1.82, 2.24) is 9.78 Å². The van der Waals surface area contributed by atoms with Crippen molar-refractivity contribution in [3.63, 3.8) is 0 Å². The molecule has 1 unspecified atom stereocenters. The van der Waals surface area contributed by atoms with E-state index in [0.29, 0.717) is 0 Å². The summed E-state index contributed by atoms with van der Waals surface area (Å²) in [6.07, 6.45) is 5.78. The van der Waals surface area contributed by atoms with Gasteiger partial charge in [0, 0.05) is 40.8 Å². The highest BCUT2D eigenvalue weighted by atomic mass is 79.9. The molecule has 0 fully saturated rings. The minimum atomic E-state index is -0.0163. The normalized spacial score (nSPS) is 21.4. The number of ether oxygens (including phenoxy) is 1. The van der Waals surface area contributed by atoms with Crippen molar-refractivity contribution in [2.75, 3.05) is 0 Å². The molecule has 0 amide bonds. The monoisotopic (exact) mass is 335 g/mol. The van der Waals surface area contributed by atoms with Crippen LogP contribution >= 0.6 is 15.9 Å². The number of aromatic nitrogens is 2. The summed E-state index contributed by atoms with van der Waals surface area (Å²) in [5.74, 6) is 0.867. The average Bonchev–Trinajstić information content (AvgIpc) is 2.87. The predicted octanol–water partition coefficient (Wildman–Crippen LogP) is 3.58. The standard InChI is InChI=1S/C15H18BrN3O/c1-2-5-19-9-10(8-18-19)14-7-13(17)12-4-3-11(16)6-15(12)20-14/h3-4,6,8-9,13-14H,2,5,7,17H2,1H3/t13-,14?/m1/s1. The molecule has 3 rings (SSSR count). The second-order valence-corrected chi connectivity index (χ2v) is 6.08. The number of halogens is 1. The highest BCUT2D eigenvalue weighted by Gasteiger charge is 2.28. The Hall–Kier alpha value is -1.33. The molecule has 1 aromatic carbocycles. The van der Waals surface area contributed by atoms with Crippen molar-refractivity contribution >= 4 is 15.9 Å². The lowest BCUT2D eigenvalue weighted by atomic mass is 9.95. The number of nitrogens with two attached hydrogens (primary N) is 1. The van der Waals surface area contributed by atoms with E-state index in [0.717, 1.165) is 40.7 Å². The fraction of sp³-hybridized carbons (Fsp3) is 0.400. The molecule has 106 valence electrons. The summed E-state index contributed by atoms with van der Waals surface area (Å²) in [5, 5.41) is 4.37. The van der Waals surface area contributed by atoms with Crippen molar-refractivity contribution in [2.24, 2.45) is 5.73 Å². The van der Waals surface area contributed by atoms with Crippen LogP contribution in [0.15, 0.2) is 35.1 Å². The third-order valence-corrected chi connectivity index (χ3v) is 4.08. The van der Waals surface area contributed by atoms with E-state index >= 15 is 0 Å². The molecule has 0 saturated carbocycles. The highest BCUT2D eigenvalue weighted by Crippen LogP contribution is 2.40. The Bertz CT molecular complexity index is 611. The van der Waals surface area contributed by atoms with E-state index in [-0.39, 0.29) is 12.1 Å². The summed E-state index contributed by atoms with van der Waals surface area (Å²) in [4.78, 5) is 0. The van der Waals surface area contributed by atoms with Crippen molar-refractivity contribution < 1.29 is 4.74 Å². The minimum absolute atomic E-state index is 0.00590. The first-order chi connectivity index (χ1) is 9.67. The molecule has 0 bridgehead atoms. The molecule has 2 heterocycles. The fourth-order valence-corrected chi connectivity index (χ4v) is 2.92. The van der Waals surface area contributed by atoms with E-state index in [1.807, 2.05) is 29.1 Å². The Morgan fingerprint density at radius 2 is 2.35 bits per heavy atom. The zero-order chi connectivity index (χ0) is 14.1. The van der Waals surface area contributed by atoms with Crippen molar-refractivity contribution in [2.45, 2.75) is 38.5 Å². The van der Waals surface area contributed by atoms with Crippen LogP contribution in [0.3, 0.4) is 0 Å². The maximum absolute atomic E-state index is 6.27. The van der Waals surface area contributed by atoms with Gasteiger partial charge in [-0.15, -0.1) is 0 Å². The van der Waals surface area contributed by atoms with Crippen LogP contribution in [0.1, 0.15) is 43.0 Å². The number of hydrogen-bond acceptors (Lipinski definition) is 3. The number of benzene rings is 1. The largest absolute Gasteiger partial charge is 0.485 e. The van der Waals surface area contributed by atoms with Crippen LogP contribution in [-0.4, -0.2) is 9.78 Å². The van der Waals surface area contributed by atoms with Crippen molar-refractivity contribution in [3.05, 3.63) is 46.2 Å². The SMILES string of the molecule is CCCn1cc(C2C[C@@H](N)c3ccc(Br)cc3O2)cn1. The first-order valence-electron chi connectivity index (χ1n) is 6.91. The van der Waals surface area contributed by atoms with E-state index in [9.17, 15) is 0 Å². The van der Waals surface area contributed by atoms with Gasteiger partial charge in [0.05, 0.1) is 6.20 Å². The van der Waals surface area contributed by atoms with Gasteiger partial charge >= 0.3 is 0 Å². The molecule has 1 aromatic heterocycles. The smallest absolute Gasteiger partial charge is 0.129 e. The lowest BCUT2D eigenvalue weighted by Crippen LogP contribution is -2.23. The third kappa shape index (κ3) is 2.60. The number of fused-ring (bicyclic) bond motifs is 1. The minimum Gasteiger partial charge on any atom is -0.485 e. The lowest BCUT2D eigenvalue weighted by Gasteiger charge is -2.29. The summed E-state index contributed by atoms with van der Waals surface area (Å²) in [6.45, 7) is 3.07. The number of hydrogen-bond donors (Lipinski definition) is 1. The van der Waals surface area contributed by atoms with E-state index in [4.69, 9.17) is 10.5 Å². The molecule has 0 radical (unpaired) electrons. The van der Waals surface area contributed by atoms with Crippen LogP contribution in [0.4, 0.5) is 0 Å². The van der Waals surface area contributed by atoms with E-state index in [1.54, 1.807) is 0 Å². The first-order valence-corrected chi connectivity index (χ1v) is 7.70. The molecule has 4 nitrogen and oxygen atoms in total. The molecular weight excluding hydrogens is 318 g/mol. The van der Waals surface area contributed by atoms with Crippen LogP contribution in [0.2, 0.25) is 0 Å². The van der Waals surface area contributed by atoms with E-state index in [2.05, 4.69) is 34.1 Å². The molecule has 0 spiro atoms. The second-order valence-electron chi connectivity index (χ2n) is 5.17. The predicted molar refractivity (Wildman–Crippen MR) is 81.6 cm³/mol. The fourth-order valence-electron chi connectivity index (χ4n) is 2.58. The Balaban J connectivity index is 1.86. The van der Waals surface area contributed by atoms with Gasteiger partial charge in [0.2, 0.25) is 0 Å². The average molecular weight is 336 g/mol. The molecular formula is C15H18BrN3O. The van der Waals surface area contributed by atoms with Crippen LogP contribution in [0.25, 0.3) is 0 Å². The van der Waals surface area contributed by atoms with Crippen LogP contribution in [-0.2, 0) is 6.54 Å². The van der Waals surface area contributed by atoms with Gasteiger partial charge in [-0.25, -0.2) is 0 Å². The maximum atomic E-state index is 6.27. The summed E-state index contributed by atoms with van der Waals surface area (Å²) in [7, 11) is 0. The van der Waals surface area contributed by atoms with Crippen molar-refractivity contribution in [1.29, 1.82) is 0 Å². The second kappa shape index (κ2) is 5.58. The zero-order valence-corrected chi connectivity index (χ0v) is 13.0. The first kappa shape index (κ1) is 13.6. The lowest BCUT2D eigenvalue weighted by molar-refractivity contribution is 0.161. The molecule has 5 heteroatoms. The molecule has 1 aliphatic heterocycles. The Morgan fingerprint density at radius 1 is 1.50 bits per heavy atom. The van der Waals surface area contributed by atoms with Gasteiger partial charge in [-0.05, 0) is 18.6 Å². The zero-order valence-electron chi connectivity index (χ0n) is 11.4. The topological polar surface area (TPSA) is 53.1 Å². The summed E-state index contributed by atoms with van der Waals surface area (Å²) < 4.78 is 9.06. The highest BCUT2D eigenvalue weighted by molar-refractivity contribution is 9.10. The van der Waals surface area contributed by atoms with Gasteiger partial charge in [-0.2, -0.15) is 5.10 Å². The molecule has 0 aliphatic carbocycles. The van der Waals surface area contributed by atoms with Gasteiger partial charge in [-0.1, -0.05) is 28.9 Å². The third-order valence-electron chi connectivity index (χ3n) is 3.59. The molecule has 20 heavy (non-hydrogen) atoms. The Labute approximate surface area is 127 Å². The van der Waals surface area contributed by atoms with Gasteiger partial charge in [0.1, 0.15) is 11.9 Å². The summed E-state index contributed by atoms with van der Waals surface area (Å²) in [5.41, 5.74) is 8.44. The Morgan fingerprint density at radius 3 is 3.15 bits per heavy atom. The van der Waals surface area contributed by atoms with Gasteiger partial charge in [-0.3, -0.25) is 4.68 Å². The van der Waals surface area contributed by atoms with Crippen molar-refractivity contribution in [3.8, 4) is 5.75 Å². The summed E-state index contributed by atoms with van der Waals surface area (Å²) >= 11 is 3.47. The van der Waals surface area contributed by atoms with Crippen LogP contribution in [0, 0.1) is 0 Å². The van der Waals surface area contributed by atoms with Crippen LogP contribution < -0.4 is 10.5 Å². The quantitative estimate of drug-likeness (QED) is 0.932. The number of rotatable bonds is 3. The van der Waals surface area contributed by atoms with Gasteiger partial charge < -0.3 is 10.5 Å². The molecule has 2 atom stereocenters. The van der Waals surface area contributed by atoms with Gasteiger partial charge in [0.15, 0.2) is 0 Å². The molecule has 1 aliphatic rings. The summed E-state index contributed by atoms with van der Waals surface area (Å²) in [6, 6.07) is 6.02. The number of nitrogens with zero attached hydrogens (tertiary/aromatic N) is 2. The Kier molecular flexibility index (Phi) is 3.81. The molecule has 2 N–H and O–H groups in total. The van der Waals surface area contributed by atoms with Crippen LogP contribution in [0.5, 0.6) is 5.75 Å². The maximum Gasteiger partial charge on any atom is 0.129 e. The van der Waals surface area contributed by atoms with E-state index < -0.39 is 0 Å². The molecule has 2 aromatic rings. The molecule has 0 saturated heterocycles. The van der Waals surface area contributed by atoms with E-state index in [1.165, 1.54) is 0 Å².